The highest BCUT2D eigenvalue weighted by Gasteiger charge is 2.46. The van der Waals surface area contributed by atoms with E-state index in [2.05, 4.69) is 26.0 Å². The van der Waals surface area contributed by atoms with Crippen molar-refractivity contribution < 1.29 is 36.6 Å². The predicted molar refractivity (Wildman–Crippen MR) is 151 cm³/mol. The number of pyridine rings is 1. The van der Waals surface area contributed by atoms with Crippen LogP contribution in [0.2, 0.25) is 0 Å². The Kier molecular flexibility index (Phi) is 8.86. The molecule has 0 saturated carbocycles. The van der Waals surface area contributed by atoms with Crippen LogP contribution in [0.3, 0.4) is 0 Å². The lowest BCUT2D eigenvalue weighted by Gasteiger charge is -2.34. The first kappa shape index (κ1) is 30.6. The fourth-order valence-corrected chi connectivity index (χ4v) is 5.45. The van der Waals surface area contributed by atoms with E-state index in [1.165, 1.54) is 36.4 Å². The number of hydrogen-bond donors (Lipinski definition) is 1. The number of anilines is 2. The summed E-state index contributed by atoms with van der Waals surface area (Å²) in [5.74, 6) is -4.56. The summed E-state index contributed by atoms with van der Waals surface area (Å²) in [5, 5.41) is 12.7. The summed E-state index contributed by atoms with van der Waals surface area (Å²) in [5.41, 5.74) is -0.154. The SMILES string of the molecule is COc1cc(F)c([C@@H]2CN(c3ccnc(N4CCN(C)CC4)c3C#N)C(=O)C2NC(=O)c2ccc(OC(F)F)cc2)c(F)c1. The van der Waals surface area contributed by atoms with Crippen molar-refractivity contribution in [2.75, 3.05) is 56.7 Å². The number of halogens is 4. The van der Waals surface area contributed by atoms with E-state index in [1.807, 2.05) is 11.9 Å². The van der Waals surface area contributed by atoms with Gasteiger partial charge in [0.05, 0.1) is 12.8 Å². The van der Waals surface area contributed by atoms with Gasteiger partial charge in [-0.2, -0.15) is 14.0 Å². The van der Waals surface area contributed by atoms with Crippen LogP contribution in [0.5, 0.6) is 11.5 Å². The van der Waals surface area contributed by atoms with E-state index in [0.29, 0.717) is 18.9 Å². The van der Waals surface area contributed by atoms with Crippen molar-refractivity contribution in [1.29, 1.82) is 5.26 Å². The molecule has 1 N–H and O–H groups in total. The lowest BCUT2D eigenvalue weighted by Crippen LogP contribution is -2.45. The molecule has 1 unspecified atom stereocenters. The van der Waals surface area contributed by atoms with Crippen molar-refractivity contribution in [2.24, 2.45) is 0 Å². The molecule has 2 amide bonds. The number of nitriles is 1. The molecule has 10 nitrogen and oxygen atoms in total. The van der Waals surface area contributed by atoms with Gasteiger partial charge in [-0.25, -0.2) is 13.8 Å². The maximum atomic E-state index is 15.4. The Balaban J connectivity index is 1.52. The predicted octanol–water partition coefficient (Wildman–Crippen LogP) is 3.52. The zero-order valence-corrected chi connectivity index (χ0v) is 23.8. The first-order valence-corrected chi connectivity index (χ1v) is 13.6. The van der Waals surface area contributed by atoms with Gasteiger partial charge in [0.1, 0.15) is 46.6 Å². The van der Waals surface area contributed by atoms with Crippen molar-refractivity contribution >= 4 is 23.3 Å². The summed E-state index contributed by atoms with van der Waals surface area (Å²) >= 11 is 0. The van der Waals surface area contributed by atoms with Gasteiger partial charge in [-0.3, -0.25) is 9.59 Å². The Labute approximate surface area is 250 Å². The van der Waals surface area contributed by atoms with Gasteiger partial charge < -0.3 is 29.5 Å². The highest BCUT2D eigenvalue weighted by molar-refractivity contribution is 6.06. The van der Waals surface area contributed by atoms with E-state index in [1.54, 1.807) is 0 Å². The molecule has 2 saturated heterocycles. The molecule has 230 valence electrons. The van der Waals surface area contributed by atoms with E-state index in [9.17, 15) is 23.6 Å². The molecule has 2 fully saturated rings. The maximum absolute atomic E-state index is 15.4. The highest BCUT2D eigenvalue weighted by Crippen LogP contribution is 2.39. The van der Waals surface area contributed by atoms with Crippen molar-refractivity contribution in [3.63, 3.8) is 0 Å². The van der Waals surface area contributed by atoms with Crippen molar-refractivity contribution in [1.82, 2.24) is 15.2 Å². The number of likely N-dealkylation sites (N-methyl/N-ethyl adjacent to an activating group) is 1. The van der Waals surface area contributed by atoms with Gasteiger partial charge >= 0.3 is 6.61 Å². The number of carbonyl (C=O) groups excluding carboxylic acids is 2. The number of hydrogen-bond acceptors (Lipinski definition) is 8. The van der Waals surface area contributed by atoms with E-state index >= 15 is 8.78 Å². The lowest BCUT2D eigenvalue weighted by atomic mass is 9.92. The second-order valence-electron chi connectivity index (χ2n) is 10.3. The Morgan fingerprint density at radius 3 is 2.32 bits per heavy atom. The summed E-state index contributed by atoms with van der Waals surface area (Å²) in [6, 6.07) is 8.84. The zero-order valence-electron chi connectivity index (χ0n) is 23.8. The molecule has 2 aliphatic rings. The summed E-state index contributed by atoms with van der Waals surface area (Å²) in [6.07, 6.45) is 1.45. The normalized spacial score (nSPS) is 18.8. The van der Waals surface area contributed by atoms with E-state index < -0.39 is 47.6 Å². The third-order valence-electron chi connectivity index (χ3n) is 7.72. The molecule has 5 rings (SSSR count). The van der Waals surface area contributed by atoms with Gasteiger partial charge in [0.2, 0.25) is 5.91 Å². The molecule has 0 bridgehead atoms. The van der Waals surface area contributed by atoms with Gasteiger partial charge in [-0.1, -0.05) is 0 Å². The maximum Gasteiger partial charge on any atom is 0.387 e. The van der Waals surface area contributed by atoms with Gasteiger partial charge in [0, 0.05) is 68.1 Å². The average molecular weight is 613 g/mol. The topological polar surface area (TPSA) is 111 Å². The zero-order chi connectivity index (χ0) is 31.5. The third kappa shape index (κ3) is 6.09. The summed E-state index contributed by atoms with van der Waals surface area (Å²) < 4.78 is 65.1. The van der Waals surface area contributed by atoms with Crippen molar-refractivity contribution in [3.05, 3.63) is 77.0 Å². The Morgan fingerprint density at radius 1 is 1.07 bits per heavy atom. The fourth-order valence-electron chi connectivity index (χ4n) is 5.45. The molecular weight excluding hydrogens is 584 g/mol. The minimum Gasteiger partial charge on any atom is -0.497 e. The van der Waals surface area contributed by atoms with Gasteiger partial charge in [0.25, 0.3) is 5.91 Å². The summed E-state index contributed by atoms with van der Waals surface area (Å²) in [7, 11) is 3.23. The molecule has 3 heterocycles. The number of nitrogens with zero attached hydrogens (tertiary/aromatic N) is 5. The number of nitrogens with one attached hydrogen (secondary N) is 1. The number of amides is 2. The molecule has 1 aromatic heterocycles. The minimum atomic E-state index is -3.06. The van der Waals surface area contributed by atoms with Gasteiger partial charge in [-0.15, -0.1) is 0 Å². The highest BCUT2D eigenvalue weighted by atomic mass is 19.3. The quantitative estimate of drug-likeness (QED) is 0.385. The van der Waals surface area contributed by atoms with Crippen LogP contribution in [0.1, 0.15) is 27.4 Å². The molecular formula is C30H28F4N6O4. The van der Waals surface area contributed by atoms with Crippen LogP contribution < -0.4 is 24.6 Å². The Hall–Kier alpha value is -4.90. The number of carbonyl (C=O) groups is 2. The summed E-state index contributed by atoms with van der Waals surface area (Å²) in [4.78, 5) is 36.9. The minimum absolute atomic E-state index is 0.00808. The van der Waals surface area contributed by atoms with E-state index in [0.717, 1.165) is 37.4 Å². The molecule has 14 heteroatoms. The van der Waals surface area contributed by atoms with Crippen LogP contribution in [0, 0.1) is 23.0 Å². The van der Waals surface area contributed by atoms with Crippen LogP contribution >= 0.6 is 0 Å². The smallest absolute Gasteiger partial charge is 0.387 e. The first-order valence-electron chi connectivity index (χ1n) is 13.6. The molecule has 3 aromatic rings. The van der Waals surface area contributed by atoms with Crippen molar-refractivity contribution in [2.45, 2.75) is 18.6 Å². The number of ether oxygens (including phenoxy) is 2. The second kappa shape index (κ2) is 12.8. The van der Waals surface area contributed by atoms with E-state index in [-0.39, 0.29) is 34.9 Å². The van der Waals surface area contributed by atoms with Crippen LogP contribution in [-0.2, 0) is 4.79 Å². The molecule has 2 atom stereocenters. The number of aromatic nitrogens is 1. The second-order valence-corrected chi connectivity index (χ2v) is 10.3. The van der Waals surface area contributed by atoms with Gasteiger partial charge in [0.15, 0.2) is 0 Å². The van der Waals surface area contributed by atoms with Crippen LogP contribution in [-0.4, -0.2) is 81.2 Å². The van der Waals surface area contributed by atoms with Crippen LogP contribution in [0.25, 0.3) is 0 Å². The molecule has 0 spiro atoms. The number of alkyl halides is 2. The largest absolute Gasteiger partial charge is 0.497 e. The summed E-state index contributed by atoms with van der Waals surface area (Å²) in [6.45, 7) is -0.663. The number of benzene rings is 2. The lowest BCUT2D eigenvalue weighted by molar-refractivity contribution is -0.118. The monoisotopic (exact) mass is 612 g/mol. The van der Waals surface area contributed by atoms with Crippen LogP contribution in [0.15, 0.2) is 48.7 Å². The Bertz CT molecular complexity index is 1570. The van der Waals surface area contributed by atoms with Gasteiger partial charge in [-0.05, 0) is 37.4 Å². The molecule has 0 aliphatic carbocycles. The number of rotatable bonds is 8. The first-order chi connectivity index (χ1) is 21.1. The standard InChI is InChI=1S/C30H28F4N6O4/c1-38-9-11-39(12-10-38)27-20(15-35)24(7-8-36-27)40-16-21(25-22(31)13-19(43-2)14-23(25)32)26(29(40)42)37-28(41)17-3-5-18(6-4-17)44-30(33)34/h3-8,13-14,21,26,30H,9-12,16H2,1-2H3,(H,37,41)/t21-,26?/m0/s1. The molecule has 2 aliphatic heterocycles. The third-order valence-corrected chi connectivity index (χ3v) is 7.72. The average Bonchev–Trinajstić information content (AvgIpc) is 3.31. The number of piperazine rings is 1. The number of methoxy groups -OCH3 is 1. The fraction of sp³-hybridized carbons (Fsp3) is 0.333. The van der Waals surface area contributed by atoms with E-state index in [4.69, 9.17) is 4.74 Å². The molecule has 2 aromatic carbocycles. The molecule has 44 heavy (non-hydrogen) atoms. The molecule has 0 radical (unpaired) electrons. The van der Waals surface area contributed by atoms with Crippen molar-refractivity contribution in [3.8, 4) is 17.6 Å². The Morgan fingerprint density at radius 2 is 1.73 bits per heavy atom. The van der Waals surface area contributed by atoms with Crippen LogP contribution in [0.4, 0.5) is 29.1 Å².